The van der Waals surface area contributed by atoms with Crippen molar-refractivity contribution in [1.29, 1.82) is 5.26 Å². The summed E-state index contributed by atoms with van der Waals surface area (Å²) < 4.78 is 0. The first kappa shape index (κ1) is 13.2. The third-order valence-electron chi connectivity index (χ3n) is 1.94. The van der Waals surface area contributed by atoms with Gasteiger partial charge in [-0.1, -0.05) is 13.8 Å². The highest BCUT2D eigenvalue weighted by Gasteiger charge is 2.11. The summed E-state index contributed by atoms with van der Waals surface area (Å²) in [5.74, 6) is 0.481. The molecule has 0 rings (SSSR count). The number of carbonyl (C=O) groups excluding carboxylic acids is 1. The van der Waals surface area contributed by atoms with Gasteiger partial charge < -0.3 is 4.90 Å². The summed E-state index contributed by atoms with van der Waals surface area (Å²) in [5.41, 5.74) is 0. The van der Waals surface area contributed by atoms with Crippen molar-refractivity contribution in [3.63, 3.8) is 0 Å². The normalized spacial score (nSPS) is 9.93. The second-order valence-electron chi connectivity index (χ2n) is 3.61. The molecule has 0 saturated heterocycles. The highest BCUT2D eigenvalue weighted by molar-refractivity contribution is 6.27. The van der Waals surface area contributed by atoms with Gasteiger partial charge in [-0.25, -0.2) is 0 Å². The van der Waals surface area contributed by atoms with E-state index in [0.717, 1.165) is 6.42 Å². The fourth-order valence-electron chi connectivity index (χ4n) is 1.04. The Balaban J connectivity index is 3.98. The molecule has 0 aromatic rings. The van der Waals surface area contributed by atoms with Crippen LogP contribution in [0.3, 0.4) is 0 Å². The molecule has 80 valence electrons. The van der Waals surface area contributed by atoms with Crippen LogP contribution in [0.4, 0.5) is 0 Å². The van der Waals surface area contributed by atoms with E-state index in [9.17, 15) is 4.79 Å². The van der Waals surface area contributed by atoms with Crippen LogP contribution in [0, 0.1) is 17.2 Å². The highest BCUT2D eigenvalue weighted by Crippen LogP contribution is 2.03. The number of nitrogens with zero attached hydrogens (tertiary/aromatic N) is 2. The summed E-state index contributed by atoms with van der Waals surface area (Å²) in [6.45, 7) is 5.40. The van der Waals surface area contributed by atoms with Crippen molar-refractivity contribution >= 4 is 17.5 Å². The molecule has 0 spiro atoms. The number of nitriles is 1. The van der Waals surface area contributed by atoms with Gasteiger partial charge in [-0.2, -0.15) is 5.26 Å². The predicted octanol–water partition coefficient (Wildman–Crippen LogP) is 2.01. The van der Waals surface area contributed by atoms with Crippen LogP contribution < -0.4 is 0 Å². The van der Waals surface area contributed by atoms with Crippen molar-refractivity contribution in [2.45, 2.75) is 26.7 Å². The predicted molar refractivity (Wildman–Crippen MR) is 57.0 cm³/mol. The fraction of sp³-hybridized carbons (Fsp3) is 0.800. The molecule has 0 radical (unpaired) electrons. The topological polar surface area (TPSA) is 44.1 Å². The van der Waals surface area contributed by atoms with Crippen molar-refractivity contribution in [3.05, 3.63) is 0 Å². The quantitative estimate of drug-likeness (QED) is 0.638. The first-order valence-corrected chi connectivity index (χ1v) is 5.36. The van der Waals surface area contributed by atoms with Gasteiger partial charge in [-0.05, 0) is 12.3 Å². The minimum atomic E-state index is -0.0810. The summed E-state index contributed by atoms with van der Waals surface area (Å²) in [4.78, 5) is 13.0. The average Bonchev–Trinajstić information content (AvgIpc) is 2.16. The minimum absolute atomic E-state index is 0.00350. The zero-order chi connectivity index (χ0) is 11.0. The van der Waals surface area contributed by atoms with Crippen LogP contribution in [0.25, 0.3) is 0 Å². The molecule has 4 heteroatoms. The molecule has 0 N–H and O–H groups in total. The van der Waals surface area contributed by atoms with Gasteiger partial charge in [0.2, 0.25) is 5.91 Å². The second-order valence-corrected chi connectivity index (χ2v) is 3.87. The van der Waals surface area contributed by atoms with Crippen LogP contribution in [0.2, 0.25) is 0 Å². The maximum atomic E-state index is 11.3. The lowest BCUT2D eigenvalue weighted by atomic mass is 10.1. The number of rotatable bonds is 6. The summed E-state index contributed by atoms with van der Waals surface area (Å²) in [6.07, 6.45) is 1.33. The first-order chi connectivity index (χ1) is 6.61. The van der Waals surface area contributed by atoms with Gasteiger partial charge in [0.15, 0.2) is 0 Å². The maximum absolute atomic E-state index is 11.3. The molecule has 0 heterocycles. The van der Waals surface area contributed by atoms with Gasteiger partial charge >= 0.3 is 0 Å². The minimum Gasteiger partial charge on any atom is -0.341 e. The summed E-state index contributed by atoms with van der Waals surface area (Å²) in [7, 11) is 0. The third-order valence-corrected chi connectivity index (χ3v) is 2.17. The molecule has 0 bridgehead atoms. The molecule has 1 amide bonds. The Hall–Kier alpha value is -0.750. The van der Waals surface area contributed by atoms with E-state index in [1.165, 1.54) is 0 Å². The lowest BCUT2D eigenvalue weighted by Crippen LogP contribution is -2.34. The largest absolute Gasteiger partial charge is 0.341 e. The van der Waals surface area contributed by atoms with Crippen LogP contribution in [-0.4, -0.2) is 29.8 Å². The van der Waals surface area contributed by atoms with E-state index in [1.54, 1.807) is 4.90 Å². The van der Waals surface area contributed by atoms with Crippen molar-refractivity contribution in [1.82, 2.24) is 4.90 Å². The van der Waals surface area contributed by atoms with Gasteiger partial charge in [0.05, 0.1) is 12.5 Å². The van der Waals surface area contributed by atoms with E-state index in [4.69, 9.17) is 16.9 Å². The van der Waals surface area contributed by atoms with Crippen LogP contribution in [0.5, 0.6) is 0 Å². The summed E-state index contributed by atoms with van der Waals surface area (Å²) in [5, 5.41) is 8.43. The summed E-state index contributed by atoms with van der Waals surface area (Å²) >= 11 is 5.47. The maximum Gasteiger partial charge on any atom is 0.237 e. The molecule has 0 aliphatic rings. The Morgan fingerprint density at radius 2 is 2.14 bits per heavy atom. The molecular weight excluding hydrogens is 200 g/mol. The Morgan fingerprint density at radius 1 is 1.50 bits per heavy atom. The number of carbonyl (C=O) groups is 1. The molecule has 0 atom stereocenters. The molecule has 0 fully saturated rings. The van der Waals surface area contributed by atoms with Crippen molar-refractivity contribution in [2.75, 3.05) is 19.0 Å². The number of hydrogen-bond donors (Lipinski definition) is 0. The zero-order valence-corrected chi connectivity index (χ0v) is 9.55. The Labute approximate surface area is 90.6 Å². The molecule has 0 unspecified atom stereocenters. The smallest absolute Gasteiger partial charge is 0.237 e. The van der Waals surface area contributed by atoms with Gasteiger partial charge in [-0.3, -0.25) is 4.79 Å². The summed E-state index contributed by atoms with van der Waals surface area (Å²) in [6, 6.07) is 2.03. The first-order valence-electron chi connectivity index (χ1n) is 4.82. The molecule has 14 heavy (non-hydrogen) atoms. The fourth-order valence-corrected chi connectivity index (χ4v) is 1.21. The van der Waals surface area contributed by atoms with E-state index in [0.29, 0.717) is 25.4 Å². The Morgan fingerprint density at radius 3 is 2.57 bits per heavy atom. The molecule has 0 aliphatic heterocycles. The average molecular weight is 217 g/mol. The third kappa shape index (κ3) is 5.82. The van der Waals surface area contributed by atoms with E-state index in [2.05, 4.69) is 13.8 Å². The van der Waals surface area contributed by atoms with E-state index in [1.807, 2.05) is 6.07 Å². The van der Waals surface area contributed by atoms with Crippen LogP contribution in [-0.2, 0) is 4.79 Å². The lowest BCUT2D eigenvalue weighted by Gasteiger charge is -2.21. The standard InChI is InChI=1S/C10H17ClN2O/c1-9(2)4-7-13(6-3-5-12)10(14)8-11/h9H,3-4,6-8H2,1-2H3. The molecule has 3 nitrogen and oxygen atoms in total. The van der Waals surface area contributed by atoms with E-state index in [-0.39, 0.29) is 11.8 Å². The monoisotopic (exact) mass is 216 g/mol. The molecule has 0 aromatic carbocycles. The molecule has 0 aromatic heterocycles. The van der Waals surface area contributed by atoms with Gasteiger partial charge in [0.25, 0.3) is 0 Å². The zero-order valence-electron chi connectivity index (χ0n) is 8.79. The second kappa shape index (κ2) is 7.64. The van der Waals surface area contributed by atoms with Crippen LogP contribution in [0.1, 0.15) is 26.7 Å². The van der Waals surface area contributed by atoms with E-state index < -0.39 is 0 Å². The van der Waals surface area contributed by atoms with Crippen molar-refractivity contribution < 1.29 is 4.79 Å². The van der Waals surface area contributed by atoms with Gasteiger partial charge in [0, 0.05) is 13.1 Å². The van der Waals surface area contributed by atoms with Gasteiger partial charge in [-0.15, -0.1) is 11.6 Å². The number of halogens is 1. The number of amides is 1. The van der Waals surface area contributed by atoms with Crippen LogP contribution in [0.15, 0.2) is 0 Å². The molecule has 0 saturated carbocycles. The van der Waals surface area contributed by atoms with Crippen molar-refractivity contribution in [2.24, 2.45) is 5.92 Å². The highest BCUT2D eigenvalue weighted by atomic mass is 35.5. The molecular formula is C10H17ClN2O. The number of alkyl halides is 1. The van der Waals surface area contributed by atoms with Crippen LogP contribution >= 0.6 is 11.6 Å². The Kier molecular flexibility index (Phi) is 7.23. The lowest BCUT2D eigenvalue weighted by molar-refractivity contribution is -0.128. The Bertz CT molecular complexity index is 211. The SMILES string of the molecule is CC(C)CCN(CCC#N)C(=O)CCl. The number of hydrogen-bond acceptors (Lipinski definition) is 2. The molecule has 0 aliphatic carbocycles. The van der Waals surface area contributed by atoms with Gasteiger partial charge in [0.1, 0.15) is 5.88 Å². The van der Waals surface area contributed by atoms with E-state index >= 15 is 0 Å². The van der Waals surface area contributed by atoms with Crippen molar-refractivity contribution in [3.8, 4) is 6.07 Å².